The molecule has 1 aromatic rings. The molecule has 6 heteroatoms. The molecule has 1 fully saturated rings. The van der Waals surface area contributed by atoms with Crippen molar-refractivity contribution >= 4 is 18.1 Å². The molecule has 0 saturated heterocycles. The number of benzene rings is 1. The number of halogens is 1. The number of hydrogen-bond donors (Lipinski definition) is 2. The Morgan fingerprint density at radius 1 is 1.39 bits per heavy atom. The van der Waals surface area contributed by atoms with Gasteiger partial charge in [-0.25, -0.2) is 0 Å². The number of hydrogen-bond acceptors (Lipinski definition) is 4. The van der Waals surface area contributed by atoms with Crippen molar-refractivity contribution in [2.75, 3.05) is 0 Å². The third-order valence-electron chi connectivity index (χ3n) is 3.49. The van der Waals surface area contributed by atoms with Crippen LogP contribution >= 0.6 is 12.4 Å². The Morgan fingerprint density at radius 3 is 2.56 bits per heavy atom. The summed E-state index contributed by atoms with van der Waals surface area (Å²) in [5.74, 6) is 0.373. The van der Waals surface area contributed by atoms with Gasteiger partial charge in [0, 0.05) is 23.7 Å². The second-order valence-corrected chi connectivity index (χ2v) is 4.57. The molecule has 1 aliphatic carbocycles. The van der Waals surface area contributed by atoms with E-state index in [4.69, 9.17) is 5.73 Å². The van der Waals surface area contributed by atoms with Crippen molar-refractivity contribution in [3.05, 3.63) is 33.9 Å². The summed E-state index contributed by atoms with van der Waals surface area (Å²) in [5.41, 5.74) is 6.56. The lowest BCUT2D eigenvalue weighted by Crippen LogP contribution is -2.19. The summed E-state index contributed by atoms with van der Waals surface area (Å²) in [6.45, 7) is 0. The van der Waals surface area contributed by atoms with E-state index in [0.717, 1.165) is 25.7 Å². The quantitative estimate of drug-likeness (QED) is 0.654. The molecule has 0 amide bonds. The minimum atomic E-state index is -0.468. The Morgan fingerprint density at radius 2 is 2.00 bits per heavy atom. The van der Waals surface area contributed by atoms with Crippen molar-refractivity contribution in [2.45, 2.75) is 31.7 Å². The van der Waals surface area contributed by atoms with E-state index in [1.807, 2.05) is 0 Å². The SMILES string of the molecule is Cl.N[C@@H](c1cc([N+](=O)[O-])ccc1O)C1CCCC1. The summed E-state index contributed by atoms with van der Waals surface area (Å²) in [6, 6.07) is 3.72. The summed E-state index contributed by atoms with van der Waals surface area (Å²) in [5, 5.41) is 20.4. The van der Waals surface area contributed by atoms with Crippen LogP contribution in [0.2, 0.25) is 0 Å². The van der Waals surface area contributed by atoms with Crippen molar-refractivity contribution in [1.82, 2.24) is 0 Å². The fourth-order valence-corrected chi connectivity index (χ4v) is 2.49. The van der Waals surface area contributed by atoms with E-state index in [-0.39, 0.29) is 29.9 Å². The van der Waals surface area contributed by atoms with Gasteiger partial charge in [0.25, 0.3) is 5.69 Å². The van der Waals surface area contributed by atoms with Gasteiger partial charge in [-0.3, -0.25) is 10.1 Å². The molecule has 0 unspecified atom stereocenters. The molecule has 1 aliphatic rings. The lowest BCUT2D eigenvalue weighted by atomic mass is 9.91. The lowest BCUT2D eigenvalue weighted by molar-refractivity contribution is -0.385. The van der Waals surface area contributed by atoms with Gasteiger partial charge in [-0.05, 0) is 24.8 Å². The third-order valence-corrected chi connectivity index (χ3v) is 3.49. The van der Waals surface area contributed by atoms with E-state index in [2.05, 4.69) is 0 Å². The Bertz CT molecular complexity index is 433. The van der Waals surface area contributed by atoms with Crippen molar-refractivity contribution in [2.24, 2.45) is 11.7 Å². The molecule has 0 spiro atoms. The van der Waals surface area contributed by atoms with Gasteiger partial charge >= 0.3 is 0 Å². The average molecular weight is 273 g/mol. The molecule has 0 bridgehead atoms. The van der Waals surface area contributed by atoms with Crippen LogP contribution in [0.5, 0.6) is 5.75 Å². The summed E-state index contributed by atoms with van der Waals surface area (Å²) in [7, 11) is 0. The van der Waals surface area contributed by atoms with Gasteiger partial charge in [0.15, 0.2) is 0 Å². The Labute approximate surface area is 112 Å². The first-order chi connectivity index (χ1) is 8.09. The van der Waals surface area contributed by atoms with E-state index >= 15 is 0 Å². The van der Waals surface area contributed by atoms with E-state index in [1.54, 1.807) is 0 Å². The van der Waals surface area contributed by atoms with Crippen LogP contribution in [0, 0.1) is 16.0 Å². The van der Waals surface area contributed by atoms with Crippen LogP contribution in [-0.4, -0.2) is 10.0 Å². The van der Waals surface area contributed by atoms with Crippen LogP contribution in [0.3, 0.4) is 0 Å². The van der Waals surface area contributed by atoms with Gasteiger partial charge in [0.1, 0.15) is 5.75 Å². The topological polar surface area (TPSA) is 89.4 Å². The van der Waals surface area contributed by atoms with Gasteiger partial charge in [0.05, 0.1) is 4.92 Å². The normalized spacial score (nSPS) is 17.2. The van der Waals surface area contributed by atoms with Crippen molar-refractivity contribution in [1.29, 1.82) is 0 Å². The first-order valence-corrected chi connectivity index (χ1v) is 5.82. The maximum atomic E-state index is 10.7. The minimum Gasteiger partial charge on any atom is -0.508 e. The first kappa shape index (κ1) is 14.7. The van der Waals surface area contributed by atoms with Gasteiger partial charge in [-0.2, -0.15) is 0 Å². The average Bonchev–Trinajstić information content (AvgIpc) is 2.81. The second-order valence-electron chi connectivity index (χ2n) is 4.57. The number of nitrogens with zero attached hydrogens (tertiary/aromatic N) is 1. The number of nitrogens with two attached hydrogens (primary N) is 1. The smallest absolute Gasteiger partial charge is 0.270 e. The zero-order valence-electron chi connectivity index (χ0n) is 9.91. The van der Waals surface area contributed by atoms with Crippen LogP contribution < -0.4 is 5.73 Å². The molecule has 0 heterocycles. The molecule has 18 heavy (non-hydrogen) atoms. The molecule has 100 valence electrons. The highest BCUT2D eigenvalue weighted by molar-refractivity contribution is 5.85. The Kier molecular flexibility index (Phi) is 4.93. The molecule has 0 aliphatic heterocycles. The summed E-state index contributed by atoms with van der Waals surface area (Å²) >= 11 is 0. The molecule has 0 radical (unpaired) electrons. The molecule has 5 nitrogen and oxygen atoms in total. The highest BCUT2D eigenvalue weighted by atomic mass is 35.5. The number of aromatic hydroxyl groups is 1. The molecule has 1 saturated carbocycles. The van der Waals surface area contributed by atoms with Gasteiger partial charge < -0.3 is 10.8 Å². The number of phenolic OH excluding ortho intramolecular Hbond substituents is 1. The van der Waals surface area contributed by atoms with Crippen LogP contribution in [0.1, 0.15) is 37.3 Å². The Hall–Kier alpha value is -1.33. The monoisotopic (exact) mass is 272 g/mol. The van der Waals surface area contributed by atoms with Crippen LogP contribution in [-0.2, 0) is 0 Å². The maximum absolute atomic E-state index is 10.7. The van der Waals surface area contributed by atoms with Gasteiger partial charge in [0.2, 0.25) is 0 Å². The zero-order chi connectivity index (χ0) is 12.4. The fraction of sp³-hybridized carbons (Fsp3) is 0.500. The minimum absolute atomic E-state index is 0. The molecule has 3 N–H and O–H groups in total. The van der Waals surface area contributed by atoms with Crippen molar-refractivity contribution in [3.8, 4) is 5.75 Å². The van der Waals surface area contributed by atoms with Crippen molar-refractivity contribution < 1.29 is 10.0 Å². The summed E-state index contributed by atoms with van der Waals surface area (Å²) < 4.78 is 0. The van der Waals surface area contributed by atoms with E-state index in [9.17, 15) is 15.2 Å². The Balaban J connectivity index is 0.00000162. The number of non-ortho nitro benzene ring substituents is 1. The number of nitro benzene ring substituents is 1. The molecule has 1 aromatic carbocycles. The maximum Gasteiger partial charge on any atom is 0.270 e. The highest BCUT2D eigenvalue weighted by Gasteiger charge is 2.26. The van der Waals surface area contributed by atoms with Gasteiger partial charge in [-0.15, -0.1) is 12.4 Å². The molecular weight excluding hydrogens is 256 g/mol. The van der Waals surface area contributed by atoms with Gasteiger partial charge in [-0.1, -0.05) is 12.8 Å². The summed E-state index contributed by atoms with van der Waals surface area (Å²) in [6.07, 6.45) is 4.36. The molecular formula is C12H17ClN2O3. The predicted molar refractivity (Wildman–Crippen MR) is 70.9 cm³/mol. The molecule has 2 rings (SSSR count). The lowest BCUT2D eigenvalue weighted by Gasteiger charge is -2.19. The summed E-state index contributed by atoms with van der Waals surface area (Å²) in [4.78, 5) is 10.2. The standard InChI is InChI=1S/C12H16N2O3.ClH/c13-12(8-3-1-2-4-8)10-7-9(14(16)17)5-6-11(10)15;/h5-8,12,15H,1-4,13H2;1H/t12-;/m1./s1. The second kappa shape index (κ2) is 6.02. The van der Waals surface area contributed by atoms with Crippen molar-refractivity contribution in [3.63, 3.8) is 0 Å². The predicted octanol–water partition coefficient (Wildman–Crippen LogP) is 2.91. The van der Waals surface area contributed by atoms with E-state index in [1.165, 1.54) is 18.2 Å². The zero-order valence-corrected chi connectivity index (χ0v) is 10.7. The van der Waals surface area contributed by atoms with Crippen LogP contribution in [0.25, 0.3) is 0 Å². The van der Waals surface area contributed by atoms with E-state index < -0.39 is 4.92 Å². The number of rotatable bonds is 3. The first-order valence-electron chi connectivity index (χ1n) is 5.82. The highest BCUT2D eigenvalue weighted by Crippen LogP contribution is 2.38. The number of phenols is 1. The molecule has 1 atom stereocenters. The molecule has 0 aromatic heterocycles. The number of nitro groups is 1. The fourth-order valence-electron chi connectivity index (χ4n) is 2.49. The third kappa shape index (κ3) is 2.91. The van der Waals surface area contributed by atoms with Crippen LogP contribution in [0.4, 0.5) is 5.69 Å². The van der Waals surface area contributed by atoms with E-state index in [0.29, 0.717) is 11.5 Å². The van der Waals surface area contributed by atoms with Crippen LogP contribution in [0.15, 0.2) is 18.2 Å². The largest absolute Gasteiger partial charge is 0.508 e.